The molecule has 0 aromatic rings. The van der Waals surface area contributed by atoms with E-state index in [4.69, 9.17) is 0 Å². The lowest BCUT2D eigenvalue weighted by molar-refractivity contribution is 0.180. The van der Waals surface area contributed by atoms with E-state index in [0.717, 1.165) is 5.92 Å². The van der Waals surface area contributed by atoms with Crippen molar-refractivity contribution in [2.45, 2.75) is 13.3 Å². The predicted octanol–water partition coefficient (Wildman–Crippen LogP) is 0.753. The minimum absolute atomic E-state index is 0.744. The highest BCUT2D eigenvalue weighted by molar-refractivity contribution is 4.67. The van der Waals surface area contributed by atoms with Gasteiger partial charge in [-0.05, 0) is 53.6 Å². The zero-order valence-corrected chi connectivity index (χ0v) is 13.7. The van der Waals surface area contributed by atoms with Crippen LogP contribution in [-0.2, 0) is 0 Å². The second-order valence-electron chi connectivity index (χ2n) is 6.59. The minimum Gasteiger partial charge on any atom is -0.305 e. The van der Waals surface area contributed by atoms with Crippen molar-refractivity contribution in [2.24, 2.45) is 5.92 Å². The first-order chi connectivity index (χ1) is 8.97. The Hall–Kier alpha value is -0.160. The van der Waals surface area contributed by atoms with Crippen LogP contribution in [0.1, 0.15) is 13.3 Å². The predicted molar refractivity (Wildman–Crippen MR) is 83.8 cm³/mol. The van der Waals surface area contributed by atoms with Gasteiger partial charge in [0.2, 0.25) is 0 Å². The van der Waals surface area contributed by atoms with Crippen molar-refractivity contribution in [3.63, 3.8) is 0 Å². The van der Waals surface area contributed by atoms with Crippen molar-refractivity contribution in [1.29, 1.82) is 0 Å². The van der Waals surface area contributed by atoms with Crippen molar-refractivity contribution in [1.82, 2.24) is 19.6 Å². The molecule has 0 radical (unpaired) electrons. The van der Waals surface area contributed by atoms with Gasteiger partial charge >= 0.3 is 0 Å². The van der Waals surface area contributed by atoms with Gasteiger partial charge in [-0.15, -0.1) is 0 Å². The lowest BCUT2D eigenvalue weighted by Gasteiger charge is -2.29. The first kappa shape index (κ1) is 16.9. The van der Waals surface area contributed by atoms with Gasteiger partial charge in [-0.2, -0.15) is 0 Å². The summed E-state index contributed by atoms with van der Waals surface area (Å²) >= 11 is 0. The highest BCUT2D eigenvalue weighted by Gasteiger charge is 2.12. The van der Waals surface area contributed by atoms with Crippen LogP contribution < -0.4 is 0 Å². The zero-order chi connectivity index (χ0) is 14.3. The molecular weight excluding hydrogens is 236 g/mol. The molecule has 4 nitrogen and oxygen atoms in total. The van der Waals surface area contributed by atoms with Gasteiger partial charge in [0.15, 0.2) is 0 Å². The SMILES string of the molecule is CC1CN(C)CCN(C)CCCN(C)CCN(C)C1. The quantitative estimate of drug-likeness (QED) is 0.644. The molecule has 1 rings (SSSR count). The Bertz CT molecular complexity index is 212. The lowest BCUT2D eigenvalue weighted by atomic mass is 10.1. The third-order valence-corrected chi connectivity index (χ3v) is 4.05. The average molecular weight is 270 g/mol. The standard InChI is InChI=1S/C15H34N4/c1-15-13-18(4)11-9-16(2)7-6-8-17(3)10-12-19(5)14-15/h15H,6-14H2,1-5H3. The lowest BCUT2D eigenvalue weighted by Crippen LogP contribution is -2.39. The first-order valence-electron chi connectivity index (χ1n) is 7.71. The smallest absolute Gasteiger partial charge is 0.0106 e. The number of hydrogen-bond acceptors (Lipinski definition) is 4. The van der Waals surface area contributed by atoms with E-state index in [1.165, 1.54) is 58.8 Å². The van der Waals surface area contributed by atoms with Gasteiger partial charge in [0, 0.05) is 39.3 Å². The Labute approximate surface area is 120 Å². The Morgan fingerprint density at radius 2 is 0.947 bits per heavy atom. The summed E-state index contributed by atoms with van der Waals surface area (Å²) in [4.78, 5) is 9.89. The molecular formula is C15H34N4. The molecule has 0 aliphatic carbocycles. The molecule has 1 aliphatic rings. The van der Waals surface area contributed by atoms with E-state index in [1.807, 2.05) is 0 Å². The number of hydrogen-bond donors (Lipinski definition) is 0. The molecule has 1 heterocycles. The van der Waals surface area contributed by atoms with Crippen LogP contribution in [0.25, 0.3) is 0 Å². The van der Waals surface area contributed by atoms with E-state index < -0.39 is 0 Å². The number of rotatable bonds is 0. The molecule has 0 atom stereocenters. The van der Waals surface area contributed by atoms with E-state index in [0.29, 0.717) is 0 Å². The molecule has 0 spiro atoms. The molecule has 0 N–H and O–H groups in total. The van der Waals surface area contributed by atoms with E-state index in [9.17, 15) is 0 Å². The summed E-state index contributed by atoms with van der Waals surface area (Å²) in [6.07, 6.45) is 1.27. The second-order valence-corrected chi connectivity index (χ2v) is 6.59. The van der Waals surface area contributed by atoms with Gasteiger partial charge in [0.25, 0.3) is 0 Å². The second kappa shape index (κ2) is 8.90. The summed E-state index contributed by atoms with van der Waals surface area (Å²) in [5.41, 5.74) is 0. The van der Waals surface area contributed by atoms with E-state index in [-0.39, 0.29) is 0 Å². The fourth-order valence-corrected chi connectivity index (χ4v) is 2.82. The summed E-state index contributed by atoms with van der Waals surface area (Å²) in [6.45, 7) is 11.9. The third-order valence-electron chi connectivity index (χ3n) is 4.05. The van der Waals surface area contributed by atoms with Crippen molar-refractivity contribution < 1.29 is 0 Å². The van der Waals surface area contributed by atoms with E-state index in [2.05, 4.69) is 54.7 Å². The molecule has 0 bridgehead atoms. The highest BCUT2D eigenvalue weighted by Crippen LogP contribution is 2.02. The maximum absolute atomic E-state index is 2.48. The Balaban J connectivity index is 2.46. The summed E-state index contributed by atoms with van der Waals surface area (Å²) in [5.74, 6) is 0.744. The zero-order valence-electron chi connectivity index (χ0n) is 13.7. The molecule has 1 aliphatic heterocycles. The molecule has 0 aromatic carbocycles. The monoisotopic (exact) mass is 270 g/mol. The molecule has 19 heavy (non-hydrogen) atoms. The highest BCUT2D eigenvalue weighted by atomic mass is 15.2. The topological polar surface area (TPSA) is 13.0 Å². The largest absolute Gasteiger partial charge is 0.305 e. The van der Waals surface area contributed by atoms with E-state index >= 15 is 0 Å². The van der Waals surface area contributed by atoms with Gasteiger partial charge in [0.05, 0.1) is 0 Å². The molecule has 0 unspecified atom stereocenters. The average Bonchev–Trinajstić information content (AvgIpc) is 2.33. The first-order valence-corrected chi connectivity index (χ1v) is 7.71. The van der Waals surface area contributed by atoms with Crippen LogP contribution in [0.3, 0.4) is 0 Å². The van der Waals surface area contributed by atoms with Gasteiger partial charge in [-0.1, -0.05) is 6.92 Å². The molecule has 1 saturated heterocycles. The molecule has 0 saturated carbocycles. The van der Waals surface area contributed by atoms with Crippen LogP contribution in [0.5, 0.6) is 0 Å². The Morgan fingerprint density at radius 1 is 0.579 bits per heavy atom. The van der Waals surface area contributed by atoms with Crippen LogP contribution in [0, 0.1) is 5.92 Å². The van der Waals surface area contributed by atoms with Crippen molar-refractivity contribution in [3.8, 4) is 0 Å². The van der Waals surface area contributed by atoms with Crippen LogP contribution in [0.2, 0.25) is 0 Å². The number of likely N-dealkylation sites (N-methyl/N-ethyl adjacent to an activating group) is 4. The summed E-state index contributed by atoms with van der Waals surface area (Å²) in [5, 5.41) is 0. The molecule has 0 amide bonds. The summed E-state index contributed by atoms with van der Waals surface area (Å²) in [7, 11) is 9.00. The van der Waals surface area contributed by atoms with Crippen LogP contribution in [0.15, 0.2) is 0 Å². The van der Waals surface area contributed by atoms with Crippen molar-refractivity contribution in [2.75, 3.05) is 80.5 Å². The fraction of sp³-hybridized carbons (Fsp3) is 1.00. The van der Waals surface area contributed by atoms with Crippen molar-refractivity contribution >= 4 is 0 Å². The van der Waals surface area contributed by atoms with Gasteiger partial charge < -0.3 is 19.6 Å². The molecule has 4 heteroatoms. The normalized spacial score (nSPS) is 26.4. The Morgan fingerprint density at radius 3 is 1.37 bits per heavy atom. The van der Waals surface area contributed by atoms with Gasteiger partial charge in [-0.25, -0.2) is 0 Å². The summed E-state index contributed by atoms with van der Waals surface area (Å²) in [6, 6.07) is 0. The maximum Gasteiger partial charge on any atom is 0.0106 e. The summed E-state index contributed by atoms with van der Waals surface area (Å²) < 4.78 is 0. The van der Waals surface area contributed by atoms with Gasteiger partial charge in [0.1, 0.15) is 0 Å². The van der Waals surface area contributed by atoms with Crippen LogP contribution in [0.4, 0.5) is 0 Å². The van der Waals surface area contributed by atoms with Crippen molar-refractivity contribution in [3.05, 3.63) is 0 Å². The van der Waals surface area contributed by atoms with Crippen LogP contribution >= 0.6 is 0 Å². The molecule has 1 fully saturated rings. The maximum atomic E-state index is 2.48. The Kier molecular flexibility index (Phi) is 7.91. The van der Waals surface area contributed by atoms with Gasteiger partial charge in [-0.3, -0.25) is 0 Å². The van der Waals surface area contributed by atoms with E-state index in [1.54, 1.807) is 0 Å². The molecule has 0 aromatic heterocycles. The fourth-order valence-electron chi connectivity index (χ4n) is 2.82. The number of nitrogens with zero attached hydrogens (tertiary/aromatic N) is 4. The molecule has 114 valence electrons. The minimum atomic E-state index is 0.744. The third kappa shape index (κ3) is 7.88. The van der Waals surface area contributed by atoms with Crippen LogP contribution in [-0.4, -0.2) is 100 Å².